The highest BCUT2D eigenvalue weighted by Gasteiger charge is 2.29. The molecule has 0 radical (unpaired) electrons. The minimum absolute atomic E-state index is 0.0723. The molecule has 7 nitrogen and oxygen atoms in total. The fraction of sp³-hybridized carbons (Fsp3) is 0.318. The van der Waals surface area contributed by atoms with Crippen LogP contribution in [0.15, 0.2) is 45.5 Å². The van der Waals surface area contributed by atoms with E-state index >= 15 is 0 Å². The molecule has 0 saturated carbocycles. The summed E-state index contributed by atoms with van der Waals surface area (Å²) in [4.78, 5) is 30.7. The molecule has 0 unspecified atom stereocenters. The van der Waals surface area contributed by atoms with Gasteiger partial charge in [0.15, 0.2) is 5.78 Å². The number of benzene rings is 1. The Morgan fingerprint density at radius 3 is 2.83 bits per heavy atom. The van der Waals surface area contributed by atoms with Crippen molar-refractivity contribution in [1.82, 2.24) is 15.0 Å². The summed E-state index contributed by atoms with van der Waals surface area (Å²) in [6.45, 7) is 5.49. The van der Waals surface area contributed by atoms with E-state index in [-0.39, 0.29) is 17.8 Å². The van der Waals surface area contributed by atoms with Gasteiger partial charge in [-0.25, -0.2) is 0 Å². The molecule has 1 atom stereocenters. The van der Waals surface area contributed by atoms with Gasteiger partial charge in [0.2, 0.25) is 0 Å². The average molecular weight is 472 g/mol. The molecule has 0 bridgehead atoms. The predicted octanol–water partition coefficient (Wildman–Crippen LogP) is 4.22. The highest BCUT2D eigenvalue weighted by atomic mass is 79.9. The van der Waals surface area contributed by atoms with E-state index in [4.69, 9.17) is 9.26 Å². The van der Waals surface area contributed by atoms with Crippen molar-refractivity contribution in [1.29, 1.82) is 0 Å². The number of halogens is 1. The summed E-state index contributed by atoms with van der Waals surface area (Å²) in [5.74, 6) is 0.0631. The third-order valence-corrected chi connectivity index (χ3v) is 5.75. The van der Waals surface area contributed by atoms with Gasteiger partial charge in [-0.1, -0.05) is 33.2 Å². The lowest BCUT2D eigenvalue weighted by atomic mass is 9.99. The van der Waals surface area contributed by atoms with Crippen LogP contribution < -0.4 is 0 Å². The number of H-pyrrole nitrogens is 1. The van der Waals surface area contributed by atoms with E-state index in [2.05, 4.69) is 26.1 Å². The normalized spacial score (nSPS) is 16.2. The van der Waals surface area contributed by atoms with Crippen molar-refractivity contribution in [3.63, 3.8) is 0 Å². The Morgan fingerprint density at radius 2 is 2.10 bits per heavy atom. The van der Waals surface area contributed by atoms with Crippen molar-refractivity contribution >= 4 is 27.6 Å². The van der Waals surface area contributed by atoms with Gasteiger partial charge in [0, 0.05) is 41.5 Å². The Balaban J connectivity index is 1.56. The number of nitrogens with one attached hydrogen (secondary N) is 1. The second-order valence-electron chi connectivity index (χ2n) is 7.22. The molecule has 156 valence electrons. The van der Waals surface area contributed by atoms with Crippen LogP contribution in [0.3, 0.4) is 0 Å². The number of hydrogen-bond acceptors (Lipinski definition) is 5. The number of ketones is 1. The van der Waals surface area contributed by atoms with Crippen LogP contribution in [-0.4, -0.2) is 52.5 Å². The summed E-state index contributed by atoms with van der Waals surface area (Å²) < 4.78 is 11.9. The van der Waals surface area contributed by atoms with Gasteiger partial charge < -0.3 is 19.1 Å². The molecule has 3 aromatic rings. The first-order chi connectivity index (χ1) is 14.5. The van der Waals surface area contributed by atoms with Crippen molar-refractivity contribution < 1.29 is 18.8 Å². The number of rotatable bonds is 6. The van der Waals surface area contributed by atoms with E-state index in [0.29, 0.717) is 48.0 Å². The molecule has 1 saturated heterocycles. The number of carbonyl (C=O) groups is 2. The zero-order valence-electron chi connectivity index (χ0n) is 16.8. The molecule has 1 amide bonds. The Kier molecular flexibility index (Phi) is 5.87. The number of carbonyl (C=O) groups excluding carboxylic acids is 2. The molecule has 1 aliphatic heterocycles. The maximum atomic E-state index is 13.2. The lowest BCUT2D eigenvalue weighted by Crippen LogP contribution is -2.30. The second-order valence-corrected chi connectivity index (χ2v) is 8.13. The van der Waals surface area contributed by atoms with E-state index in [1.165, 1.54) is 0 Å². The quantitative estimate of drug-likeness (QED) is 0.543. The predicted molar refractivity (Wildman–Crippen MR) is 115 cm³/mol. The molecule has 8 heteroatoms. The molecule has 1 aliphatic rings. The minimum Gasteiger partial charge on any atom is -0.377 e. The molecule has 0 spiro atoms. The van der Waals surface area contributed by atoms with Gasteiger partial charge in [-0.15, -0.1) is 0 Å². The summed E-state index contributed by atoms with van der Waals surface area (Å²) in [6, 6.07) is 9.09. The Hall–Kier alpha value is -2.71. The van der Waals surface area contributed by atoms with Gasteiger partial charge in [-0.3, -0.25) is 9.59 Å². The molecule has 1 aromatic carbocycles. The van der Waals surface area contributed by atoms with Crippen molar-refractivity contribution in [3.8, 4) is 11.3 Å². The molecule has 3 heterocycles. The number of amides is 1. The monoisotopic (exact) mass is 471 g/mol. The zero-order chi connectivity index (χ0) is 21.3. The number of ether oxygens (including phenoxy) is 1. The topological polar surface area (TPSA) is 88.4 Å². The zero-order valence-corrected chi connectivity index (χ0v) is 18.4. The SMILES string of the molecule is CCO[C@@H]1CCN(C(=O)c2cc(C(=O)c3c(-c4ccc(Br)cc4)noc3C)c[nH]2)C1. The van der Waals surface area contributed by atoms with E-state index < -0.39 is 0 Å². The highest BCUT2D eigenvalue weighted by molar-refractivity contribution is 9.10. The first-order valence-electron chi connectivity index (χ1n) is 9.84. The van der Waals surface area contributed by atoms with E-state index in [0.717, 1.165) is 16.5 Å². The summed E-state index contributed by atoms with van der Waals surface area (Å²) in [7, 11) is 0. The molecule has 4 rings (SSSR count). The summed E-state index contributed by atoms with van der Waals surface area (Å²) in [6.07, 6.45) is 2.45. The van der Waals surface area contributed by atoms with Crippen molar-refractivity contribution in [2.24, 2.45) is 0 Å². The van der Waals surface area contributed by atoms with Crippen LogP contribution in [0, 0.1) is 6.92 Å². The Labute approximate surface area is 182 Å². The summed E-state index contributed by atoms with van der Waals surface area (Å²) in [5, 5.41) is 4.08. The van der Waals surface area contributed by atoms with Crippen molar-refractivity contribution in [2.45, 2.75) is 26.4 Å². The first-order valence-corrected chi connectivity index (χ1v) is 10.6. The minimum atomic E-state index is -0.240. The van der Waals surface area contributed by atoms with Crippen LogP contribution in [0.25, 0.3) is 11.3 Å². The maximum absolute atomic E-state index is 13.2. The average Bonchev–Trinajstić information content (AvgIpc) is 3.48. The highest BCUT2D eigenvalue weighted by Crippen LogP contribution is 2.29. The van der Waals surface area contributed by atoms with Crippen LogP contribution in [0.4, 0.5) is 0 Å². The number of nitrogens with zero attached hydrogens (tertiary/aromatic N) is 2. The molecule has 0 aliphatic carbocycles. The standard InChI is InChI=1S/C22H22BrN3O4/c1-3-29-17-8-9-26(12-17)22(28)18-10-15(11-24-18)21(27)19-13(2)30-25-20(19)14-4-6-16(23)7-5-14/h4-7,10-11,17,24H,3,8-9,12H2,1-2H3/t17-/m1/s1. The maximum Gasteiger partial charge on any atom is 0.270 e. The lowest BCUT2D eigenvalue weighted by molar-refractivity contribution is 0.0595. The van der Waals surface area contributed by atoms with Crippen LogP contribution >= 0.6 is 15.9 Å². The third-order valence-electron chi connectivity index (χ3n) is 5.22. The van der Waals surface area contributed by atoms with E-state index in [1.54, 1.807) is 24.1 Å². The number of aryl methyl sites for hydroxylation is 1. The molecule has 30 heavy (non-hydrogen) atoms. The second kappa shape index (κ2) is 8.57. The molecule has 1 fully saturated rings. The number of aromatic nitrogens is 2. The van der Waals surface area contributed by atoms with Crippen LogP contribution in [-0.2, 0) is 4.74 Å². The van der Waals surface area contributed by atoms with Gasteiger partial charge in [0.25, 0.3) is 5.91 Å². The molecular formula is C22H22BrN3O4. The fourth-order valence-electron chi connectivity index (χ4n) is 3.69. The number of hydrogen-bond donors (Lipinski definition) is 1. The summed E-state index contributed by atoms with van der Waals surface area (Å²) >= 11 is 3.41. The Bertz CT molecular complexity index is 1070. The molecular weight excluding hydrogens is 450 g/mol. The van der Waals surface area contributed by atoms with Gasteiger partial charge >= 0.3 is 0 Å². The van der Waals surface area contributed by atoms with Crippen LogP contribution in [0.5, 0.6) is 0 Å². The van der Waals surface area contributed by atoms with Crippen molar-refractivity contribution in [2.75, 3.05) is 19.7 Å². The van der Waals surface area contributed by atoms with Gasteiger partial charge in [-0.2, -0.15) is 0 Å². The van der Waals surface area contributed by atoms with Gasteiger partial charge in [0.1, 0.15) is 17.1 Å². The first kappa shape index (κ1) is 20.6. The smallest absolute Gasteiger partial charge is 0.270 e. The number of aromatic amines is 1. The molecule has 1 N–H and O–H groups in total. The van der Waals surface area contributed by atoms with E-state index in [9.17, 15) is 9.59 Å². The third kappa shape index (κ3) is 3.97. The number of likely N-dealkylation sites (tertiary alicyclic amines) is 1. The fourth-order valence-corrected chi connectivity index (χ4v) is 3.96. The van der Waals surface area contributed by atoms with E-state index in [1.807, 2.05) is 31.2 Å². The van der Waals surface area contributed by atoms with Crippen LogP contribution in [0.1, 0.15) is 45.5 Å². The summed E-state index contributed by atoms with van der Waals surface area (Å²) in [5.41, 5.74) is 2.44. The van der Waals surface area contributed by atoms with Gasteiger partial charge in [0.05, 0.1) is 11.7 Å². The Morgan fingerprint density at radius 1 is 1.33 bits per heavy atom. The lowest BCUT2D eigenvalue weighted by Gasteiger charge is -2.15. The molecule has 2 aromatic heterocycles. The van der Waals surface area contributed by atoms with Gasteiger partial charge in [-0.05, 0) is 38.5 Å². The largest absolute Gasteiger partial charge is 0.377 e. The van der Waals surface area contributed by atoms with Crippen molar-refractivity contribution in [3.05, 3.63) is 63.6 Å². The van der Waals surface area contributed by atoms with Crippen LogP contribution in [0.2, 0.25) is 0 Å².